The summed E-state index contributed by atoms with van der Waals surface area (Å²) in [5, 5.41) is 2.63. The summed E-state index contributed by atoms with van der Waals surface area (Å²) >= 11 is 3.16. The van der Waals surface area contributed by atoms with Crippen LogP contribution in [0.1, 0.15) is 23.2 Å². The fourth-order valence-corrected chi connectivity index (χ4v) is 3.07. The quantitative estimate of drug-likeness (QED) is 0.798. The molecule has 0 unspecified atom stereocenters. The summed E-state index contributed by atoms with van der Waals surface area (Å²) in [5.41, 5.74) is 0.409. The first-order chi connectivity index (χ1) is 12.5. The molecule has 3 rings (SSSR count). The lowest BCUT2D eigenvalue weighted by molar-refractivity contribution is -0.132. The third kappa shape index (κ3) is 4.60. The van der Waals surface area contributed by atoms with Crippen molar-refractivity contribution in [3.63, 3.8) is 0 Å². The Kier molecular flexibility index (Phi) is 5.88. The number of nitrogens with one attached hydrogen (secondary N) is 1. The summed E-state index contributed by atoms with van der Waals surface area (Å²) in [7, 11) is 0. The molecule has 7 heteroatoms. The molecule has 26 heavy (non-hydrogen) atoms. The van der Waals surface area contributed by atoms with Gasteiger partial charge in [0, 0.05) is 29.3 Å². The number of rotatable bonds is 5. The van der Waals surface area contributed by atoms with Gasteiger partial charge in [0.05, 0.1) is 5.56 Å². The smallest absolute Gasteiger partial charge is 0.260 e. The Bertz CT molecular complexity index is 822. The average Bonchev–Trinajstić information content (AvgIpc) is 3.14. The highest BCUT2D eigenvalue weighted by molar-refractivity contribution is 9.10. The maximum Gasteiger partial charge on any atom is 0.260 e. The number of amides is 2. The second kappa shape index (κ2) is 8.31. The van der Waals surface area contributed by atoms with Crippen molar-refractivity contribution in [1.82, 2.24) is 4.90 Å². The summed E-state index contributed by atoms with van der Waals surface area (Å²) in [4.78, 5) is 26.0. The molecule has 2 amide bonds. The van der Waals surface area contributed by atoms with Gasteiger partial charge in [0.25, 0.3) is 11.8 Å². The van der Waals surface area contributed by atoms with Gasteiger partial charge in [-0.1, -0.05) is 22.0 Å². The van der Waals surface area contributed by atoms with Crippen molar-refractivity contribution in [3.05, 3.63) is 58.3 Å². The van der Waals surface area contributed by atoms with Crippen molar-refractivity contribution in [3.8, 4) is 5.75 Å². The van der Waals surface area contributed by atoms with Gasteiger partial charge in [0.15, 0.2) is 6.61 Å². The number of carbonyl (C=O) groups excluding carboxylic acids is 2. The molecule has 1 fully saturated rings. The highest BCUT2D eigenvalue weighted by Crippen LogP contribution is 2.20. The van der Waals surface area contributed by atoms with Crippen LogP contribution in [-0.2, 0) is 4.79 Å². The standard InChI is InChI=1S/C19H18BrFN2O3/c20-13-6-7-16(17(21)10-13)19(25)22-14-4-3-5-15(11-14)26-12-18(24)23-8-1-2-9-23/h3-7,10-11H,1-2,8-9,12H2,(H,22,25). The van der Waals surface area contributed by atoms with E-state index in [0.29, 0.717) is 15.9 Å². The van der Waals surface area contributed by atoms with Crippen molar-refractivity contribution < 1.29 is 18.7 Å². The molecule has 2 aromatic carbocycles. The minimum Gasteiger partial charge on any atom is -0.484 e. The van der Waals surface area contributed by atoms with E-state index in [9.17, 15) is 14.0 Å². The lowest BCUT2D eigenvalue weighted by Crippen LogP contribution is -2.32. The lowest BCUT2D eigenvalue weighted by atomic mass is 10.2. The molecule has 0 radical (unpaired) electrons. The number of ether oxygens (including phenoxy) is 1. The molecule has 1 saturated heterocycles. The minimum atomic E-state index is -0.611. The molecular weight excluding hydrogens is 403 g/mol. The average molecular weight is 421 g/mol. The fourth-order valence-electron chi connectivity index (χ4n) is 2.74. The number of anilines is 1. The minimum absolute atomic E-state index is 0.0429. The molecule has 1 aliphatic rings. The zero-order valence-corrected chi connectivity index (χ0v) is 15.6. The van der Waals surface area contributed by atoms with Gasteiger partial charge in [0.1, 0.15) is 11.6 Å². The van der Waals surface area contributed by atoms with Crippen molar-refractivity contribution in [2.24, 2.45) is 0 Å². The van der Waals surface area contributed by atoms with Gasteiger partial charge in [-0.05, 0) is 43.2 Å². The van der Waals surface area contributed by atoms with Crippen LogP contribution >= 0.6 is 15.9 Å². The van der Waals surface area contributed by atoms with Crippen LogP contribution in [0, 0.1) is 5.82 Å². The first kappa shape index (κ1) is 18.4. The lowest BCUT2D eigenvalue weighted by Gasteiger charge is -2.15. The SMILES string of the molecule is O=C(Nc1cccc(OCC(=O)N2CCCC2)c1)c1ccc(Br)cc1F. The highest BCUT2D eigenvalue weighted by atomic mass is 79.9. The summed E-state index contributed by atoms with van der Waals surface area (Å²) < 4.78 is 20.0. The van der Waals surface area contributed by atoms with E-state index < -0.39 is 11.7 Å². The molecule has 1 N–H and O–H groups in total. The predicted octanol–water partition coefficient (Wildman–Crippen LogP) is 3.84. The van der Waals surface area contributed by atoms with Crippen molar-refractivity contribution in [2.45, 2.75) is 12.8 Å². The molecule has 1 heterocycles. The van der Waals surface area contributed by atoms with Crippen LogP contribution in [0.25, 0.3) is 0 Å². The Labute approximate surface area is 159 Å². The van der Waals surface area contributed by atoms with Crippen LogP contribution in [0.2, 0.25) is 0 Å². The molecule has 1 aliphatic heterocycles. The summed E-state index contributed by atoms with van der Waals surface area (Å²) in [6.45, 7) is 1.51. The normalized spacial score (nSPS) is 13.5. The highest BCUT2D eigenvalue weighted by Gasteiger charge is 2.18. The number of benzene rings is 2. The van der Waals surface area contributed by atoms with Crippen molar-refractivity contribution in [2.75, 3.05) is 25.0 Å². The molecule has 0 aromatic heterocycles. The maximum absolute atomic E-state index is 13.9. The van der Waals surface area contributed by atoms with E-state index in [1.807, 2.05) is 0 Å². The van der Waals surface area contributed by atoms with Crippen LogP contribution in [0.4, 0.5) is 10.1 Å². The Morgan fingerprint density at radius 1 is 1.15 bits per heavy atom. The van der Waals surface area contributed by atoms with E-state index in [1.54, 1.807) is 35.2 Å². The van der Waals surface area contributed by atoms with E-state index >= 15 is 0 Å². The zero-order chi connectivity index (χ0) is 18.5. The topological polar surface area (TPSA) is 58.6 Å². The van der Waals surface area contributed by atoms with Crippen LogP contribution in [-0.4, -0.2) is 36.4 Å². The second-order valence-corrected chi connectivity index (χ2v) is 6.90. The number of halogens is 2. The van der Waals surface area contributed by atoms with E-state index in [2.05, 4.69) is 21.2 Å². The molecule has 0 atom stereocenters. The maximum atomic E-state index is 13.9. The summed E-state index contributed by atoms with van der Waals surface area (Å²) in [6.07, 6.45) is 2.06. The van der Waals surface area contributed by atoms with Gasteiger partial charge in [-0.25, -0.2) is 4.39 Å². The first-order valence-electron chi connectivity index (χ1n) is 8.30. The first-order valence-corrected chi connectivity index (χ1v) is 9.09. The third-order valence-electron chi connectivity index (χ3n) is 4.09. The van der Waals surface area contributed by atoms with Crippen LogP contribution < -0.4 is 10.1 Å². The fraction of sp³-hybridized carbons (Fsp3) is 0.263. The monoisotopic (exact) mass is 420 g/mol. The zero-order valence-electron chi connectivity index (χ0n) is 14.0. The Morgan fingerprint density at radius 3 is 2.65 bits per heavy atom. The molecular formula is C19H18BrFN2O3. The molecule has 2 aromatic rings. The van der Waals surface area contributed by atoms with Gasteiger partial charge in [0.2, 0.25) is 0 Å². The molecule has 0 spiro atoms. The molecule has 136 valence electrons. The number of nitrogens with zero attached hydrogens (tertiary/aromatic N) is 1. The second-order valence-electron chi connectivity index (χ2n) is 5.98. The molecule has 5 nitrogen and oxygen atoms in total. The number of likely N-dealkylation sites (tertiary alicyclic amines) is 1. The molecule has 0 aliphatic carbocycles. The van der Waals surface area contributed by atoms with E-state index in [-0.39, 0.29) is 18.1 Å². The van der Waals surface area contributed by atoms with Gasteiger partial charge < -0.3 is 15.0 Å². The largest absolute Gasteiger partial charge is 0.484 e. The molecule has 0 saturated carbocycles. The van der Waals surface area contributed by atoms with E-state index in [0.717, 1.165) is 25.9 Å². The van der Waals surface area contributed by atoms with Crippen LogP contribution in [0.3, 0.4) is 0 Å². The Hall–Kier alpha value is -2.41. The van der Waals surface area contributed by atoms with E-state index in [4.69, 9.17) is 4.74 Å². The van der Waals surface area contributed by atoms with Crippen LogP contribution in [0.15, 0.2) is 46.9 Å². The Balaban J connectivity index is 1.61. The summed E-state index contributed by atoms with van der Waals surface area (Å²) in [5.74, 6) is -0.749. The number of hydrogen-bond donors (Lipinski definition) is 1. The van der Waals surface area contributed by atoms with Gasteiger partial charge in [-0.15, -0.1) is 0 Å². The van der Waals surface area contributed by atoms with Crippen molar-refractivity contribution >= 4 is 33.4 Å². The number of carbonyl (C=O) groups is 2. The van der Waals surface area contributed by atoms with E-state index in [1.165, 1.54) is 12.1 Å². The van der Waals surface area contributed by atoms with Crippen molar-refractivity contribution in [1.29, 1.82) is 0 Å². The van der Waals surface area contributed by atoms with Gasteiger partial charge in [-0.2, -0.15) is 0 Å². The third-order valence-corrected chi connectivity index (χ3v) is 4.58. The van der Waals surface area contributed by atoms with Gasteiger partial charge in [-0.3, -0.25) is 9.59 Å². The predicted molar refractivity (Wildman–Crippen MR) is 99.8 cm³/mol. The summed E-state index contributed by atoms with van der Waals surface area (Å²) in [6, 6.07) is 10.9. The van der Waals surface area contributed by atoms with Gasteiger partial charge >= 0.3 is 0 Å². The molecule has 0 bridgehead atoms. The number of hydrogen-bond acceptors (Lipinski definition) is 3. The van der Waals surface area contributed by atoms with Crippen LogP contribution in [0.5, 0.6) is 5.75 Å². The Morgan fingerprint density at radius 2 is 1.92 bits per heavy atom.